The predicted octanol–water partition coefficient (Wildman–Crippen LogP) is 4.42. The summed E-state index contributed by atoms with van der Waals surface area (Å²) in [4.78, 5) is 17.0. The molecule has 2 aromatic rings. The summed E-state index contributed by atoms with van der Waals surface area (Å²) in [5, 5.41) is 7.02. The third kappa shape index (κ3) is 5.62. The fourth-order valence-corrected chi connectivity index (χ4v) is 5.62. The Morgan fingerprint density at radius 2 is 2.03 bits per heavy atom. The van der Waals surface area contributed by atoms with E-state index in [9.17, 15) is 13.2 Å². The molecular weight excluding hydrogens is 433 g/mol. The van der Waals surface area contributed by atoms with Crippen molar-refractivity contribution >= 4 is 50.5 Å². The SMILES string of the molecule is CC(C)c1cc(Nc2ccc(Cl)cc2Cl)ncc1C(=O)NCC1CCS(=O)(=O)C1. The fraction of sp³-hybridized carbons (Fsp3) is 0.400. The van der Waals surface area contributed by atoms with Crippen molar-refractivity contribution in [3.63, 3.8) is 0 Å². The van der Waals surface area contributed by atoms with Gasteiger partial charge in [0.2, 0.25) is 0 Å². The number of hydrogen-bond acceptors (Lipinski definition) is 5. The molecule has 1 aliphatic rings. The summed E-state index contributed by atoms with van der Waals surface area (Å²) >= 11 is 12.1. The first-order chi connectivity index (χ1) is 13.6. The zero-order valence-corrected chi connectivity index (χ0v) is 18.5. The number of nitrogens with zero attached hydrogens (tertiary/aromatic N) is 1. The number of anilines is 2. The van der Waals surface area contributed by atoms with E-state index in [-0.39, 0.29) is 29.2 Å². The zero-order chi connectivity index (χ0) is 21.2. The normalized spacial score (nSPS) is 18.0. The standard InChI is InChI=1S/C20H23Cl2N3O3S/c1-12(2)15-8-19(25-18-4-3-14(21)7-17(18)22)23-10-16(15)20(26)24-9-13-5-6-29(27,28)11-13/h3-4,7-8,10,12-13H,5-6,9,11H2,1-2H3,(H,23,25)(H,24,26). The first-order valence-electron chi connectivity index (χ1n) is 9.35. The average Bonchev–Trinajstić information content (AvgIpc) is 3.01. The van der Waals surface area contributed by atoms with Gasteiger partial charge in [-0.15, -0.1) is 0 Å². The summed E-state index contributed by atoms with van der Waals surface area (Å²) in [5.41, 5.74) is 1.98. The van der Waals surface area contributed by atoms with Gasteiger partial charge in [0.15, 0.2) is 9.84 Å². The monoisotopic (exact) mass is 455 g/mol. The number of carbonyl (C=O) groups excluding carboxylic acids is 1. The van der Waals surface area contributed by atoms with Gasteiger partial charge in [-0.1, -0.05) is 37.0 Å². The second-order valence-electron chi connectivity index (χ2n) is 7.54. The van der Waals surface area contributed by atoms with Crippen molar-refractivity contribution in [2.75, 3.05) is 23.4 Å². The Hall–Kier alpha value is -1.83. The Kier molecular flexibility index (Phi) is 6.71. The van der Waals surface area contributed by atoms with Crippen LogP contribution in [0.25, 0.3) is 0 Å². The maximum Gasteiger partial charge on any atom is 0.253 e. The molecule has 2 heterocycles. The smallest absolute Gasteiger partial charge is 0.253 e. The molecule has 0 spiro atoms. The Labute approximate surface area is 180 Å². The lowest BCUT2D eigenvalue weighted by molar-refractivity contribution is 0.0947. The van der Waals surface area contributed by atoms with Gasteiger partial charge in [-0.05, 0) is 48.1 Å². The summed E-state index contributed by atoms with van der Waals surface area (Å²) < 4.78 is 23.2. The quantitative estimate of drug-likeness (QED) is 0.672. The summed E-state index contributed by atoms with van der Waals surface area (Å²) in [6, 6.07) is 6.95. The largest absolute Gasteiger partial charge is 0.352 e. The molecule has 2 N–H and O–H groups in total. The molecule has 1 aromatic carbocycles. The van der Waals surface area contributed by atoms with Crippen LogP contribution in [0.1, 0.15) is 42.1 Å². The lowest BCUT2D eigenvalue weighted by atomic mass is 9.98. The Morgan fingerprint density at radius 1 is 1.28 bits per heavy atom. The summed E-state index contributed by atoms with van der Waals surface area (Å²) in [6.45, 7) is 4.33. The lowest BCUT2D eigenvalue weighted by Gasteiger charge is -2.16. The number of halogens is 2. The average molecular weight is 456 g/mol. The molecule has 1 unspecified atom stereocenters. The molecule has 29 heavy (non-hydrogen) atoms. The fourth-order valence-electron chi connectivity index (χ4n) is 3.30. The van der Waals surface area contributed by atoms with E-state index >= 15 is 0 Å². The minimum absolute atomic E-state index is 0.0348. The van der Waals surface area contributed by atoms with Gasteiger partial charge in [-0.25, -0.2) is 13.4 Å². The van der Waals surface area contributed by atoms with Crippen LogP contribution in [0.3, 0.4) is 0 Å². The maximum atomic E-state index is 12.7. The van der Waals surface area contributed by atoms with Gasteiger partial charge in [0, 0.05) is 17.8 Å². The number of rotatable bonds is 6. The van der Waals surface area contributed by atoms with Crippen molar-refractivity contribution in [3.05, 3.63) is 51.6 Å². The Balaban J connectivity index is 1.74. The third-order valence-electron chi connectivity index (χ3n) is 4.87. The number of amides is 1. The number of sulfone groups is 1. The molecule has 1 atom stereocenters. The van der Waals surface area contributed by atoms with Crippen molar-refractivity contribution in [2.45, 2.75) is 26.2 Å². The van der Waals surface area contributed by atoms with Crippen LogP contribution in [0.15, 0.2) is 30.5 Å². The van der Waals surface area contributed by atoms with Gasteiger partial charge in [0.05, 0.1) is 27.8 Å². The van der Waals surface area contributed by atoms with Crippen LogP contribution in [0.4, 0.5) is 11.5 Å². The minimum Gasteiger partial charge on any atom is -0.352 e. The first-order valence-corrected chi connectivity index (χ1v) is 11.9. The topological polar surface area (TPSA) is 88.2 Å². The van der Waals surface area contributed by atoms with E-state index < -0.39 is 9.84 Å². The van der Waals surface area contributed by atoms with Crippen LogP contribution in [0.5, 0.6) is 0 Å². The Morgan fingerprint density at radius 3 is 2.66 bits per heavy atom. The van der Waals surface area contributed by atoms with E-state index in [1.54, 1.807) is 18.2 Å². The summed E-state index contributed by atoms with van der Waals surface area (Å²) in [5.74, 6) is 0.699. The number of hydrogen-bond donors (Lipinski definition) is 2. The Bertz CT molecular complexity index is 1030. The molecule has 9 heteroatoms. The highest BCUT2D eigenvalue weighted by Crippen LogP contribution is 2.29. The highest BCUT2D eigenvalue weighted by Gasteiger charge is 2.28. The van der Waals surface area contributed by atoms with Gasteiger partial charge in [0.25, 0.3) is 5.91 Å². The van der Waals surface area contributed by atoms with Crippen LogP contribution in [-0.4, -0.2) is 37.4 Å². The number of carbonyl (C=O) groups is 1. The van der Waals surface area contributed by atoms with Gasteiger partial charge in [-0.3, -0.25) is 4.79 Å². The van der Waals surface area contributed by atoms with Gasteiger partial charge >= 0.3 is 0 Å². The van der Waals surface area contributed by atoms with E-state index in [2.05, 4.69) is 15.6 Å². The van der Waals surface area contributed by atoms with Crippen molar-refractivity contribution in [2.24, 2.45) is 5.92 Å². The molecule has 0 aliphatic carbocycles. The number of nitrogens with one attached hydrogen (secondary N) is 2. The van der Waals surface area contributed by atoms with Crippen LogP contribution < -0.4 is 10.6 Å². The molecule has 3 rings (SSSR count). The summed E-state index contributed by atoms with van der Waals surface area (Å²) in [7, 11) is -2.96. The van der Waals surface area contributed by atoms with Crippen LogP contribution in [-0.2, 0) is 9.84 Å². The molecule has 6 nitrogen and oxygen atoms in total. The van der Waals surface area contributed by atoms with E-state index in [0.29, 0.717) is 40.1 Å². The molecule has 0 bridgehead atoms. The molecule has 0 radical (unpaired) electrons. The van der Waals surface area contributed by atoms with E-state index in [1.165, 1.54) is 6.20 Å². The van der Waals surface area contributed by atoms with E-state index in [0.717, 1.165) is 5.56 Å². The second-order valence-corrected chi connectivity index (χ2v) is 10.6. The van der Waals surface area contributed by atoms with E-state index in [4.69, 9.17) is 23.2 Å². The number of pyridine rings is 1. The van der Waals surface area contributed by atoms with Crippen LogP contribution in [0.2, 0.25) is 10.0 Å². The maximum absolute atomic E-state index is 12.7. The predicted molar refractivity (Wildman–Crippen MR) is 117 cm³/mol. The minimum atomic E-state index is -2.96. The van der Waals surface area contributed by atoms with Gasteiger partial charge < -0.3 is 10.6 Å². The molecule has 1 amide bonds. The van der Waals surface area contributed by atoms with Crippen LogP contribution in [0, 0.1) is 5.92 Å². The highest BCUT2D eigenvalue weighted by atomic mass is 35.5. The number of benzene rings is 1. The zero-order valence-electron chi connectivity index (χ0n) is 16.2. The van der Waals surface area contributed by atoms with Crippen molar-refractivity contribution in [1.82, 2.24) is 10.3 Å². The van der Waals surface area contributed by atoms with Crippen molar-refractivity contribution < 1.29 is 13.2 Å². The highest BCUT2D eigenvalue weighted by molar-refractivity contribution is 7.91. The summed E-state index contributed by atoms with van der Waals surface area (Å²) in [6.07, 6.45) is 2.12. The van der Waals surface area contributed by atoms with Crippen molar-refractivity contribution in [3.8, 4) is 0 Å². The van der Waals surface area contributed by atoms with Gasteiger partial charge in [-0.2, -0.15) is 0 Å². The molecule has 0 saturated carbocycles. The van der Waals surface area contributed by atoms with E-state index in [1.807, 2.05) is 19.9 Å². The van der Waals surface area contributed by atoms with Crippen LogP contribution >= 0.6 is 23.2 Å². The molecule has 1 aromatic heterocycles. The van der Waals surface area contributed by atoms with Gasteiger partial charge in [0.1, 0.15) is 5.82 Å². The third-order valence-corrected chi connectivity index (χ3v) is 7.26. The first kappa shape index (κ1) is 21.9. The molecule has 1 fully saturated rings. The lowest BCUT2D eigenvalue weighted by Crippen LogP contribution is -2.30. The molecule has 156 valence electrons. The molecular formula is C20H23Cl2N3O3S. The molecule has 1 aliphatic heterocycles. The van der Waals surface area contributed by atoms with Crippen molar-refractivity contribution in [1.29, 1.82) is 0 Å². The number of aromatic nitrogens is 1. The second kappa shape index (κ2) is 8.90. The molecule has 1 saturated heterocycles.